The molecule has 138 valence electrons. The number of H-pyrrole nitrogens is 1. The zero-order valence-electron chi connectivity index (χ0n) is 15.1. The molecule has 0 aliphatic carbocycles. The molecule has 0 aliphatic heterocycles. The van der Waals surface area contributed by atoms with Gasteiger partial charge in [0, 0.05) is 5.56 Å². The van der Waals surface area contributed by atoms with Crippen molar-refractivity contribution in [2.45, 2.75) is 19.4 Å². The summed E-state index contributed by atoms with van der Waals surface area (Å²) in [4.78, 5) is 31.9. The lowest BCUT2D eigenvalue weighted by Gasteiger charge is -2.15. The Morgan fingerprint density at radius 3 is 2.37 bits per heavy atom. The summed E-state index contributed by atoms with van der Waals surface area (Å²) in [6, 6.07) is 18.4. The van der Waals surface area contributed by atoms with Crippen LogP contribution in [0.2, 0.25) is 0 Å². The Morgan fingerprint density at radius 1 is 1.04 bits per heavy atom. The van der Waals surface area contributed by atoms with Gasteiger partial charge in [-0.15, -0.1) is 0 Å². The number of carbonyl (C=O) groups excluding carboxylic acids is 2. The Labute approximate surface area is 158 Å². The van der Waals surface area contributed by atoms with Gasteiger partial charge < -0.3 is 15.6 Å². The van der Waals surface area contributed by atoms with Gasteiger partial charge in [-0.2, -0.15) is 0 Å². The third-order valence-electron chi connectivity index (χ3n) is 4.20. The first-order valence-corrected chi connectivity index (χ1v) is 8.90. The normalized spacial score (nSPS) is 11.6. The largest absolute Gasteiger partial charge is 0.345 e. The minimum Gasteiger partial charge on any atom is -0.345 e. The number of carbonyl (C=O) groups is 2. The summed E-state index contributed by atoms with van der Waals surface area (Å²) in [6.45, 7) is 1.88. The van der Waals surface area contributed by atoms with E-state index in [9.17, 15) is 9.59 Å². The molecule has 0 fully saturated rings. The fraction of sp³-hybridized carbons (Fsp3) is 0.190. The van der Waals surface area contributed by atoms with Gasteiger partial charge in [0.15, 0.2) is 0 Å². The van der Waals surface area contributed by atoms with Crippen LogP contribution >= 0.6 is 0 Å². The maximum absolute atomic E-state index is 12.2. The number of rotatable bonds is 7. The fourth-order valence-electron chi connectivity index (χ4n) is 2.74. The number of benzene rings is 2. The number of imidazole rings is 1. The molecule has 6 heteroatoms. The molecule has 0 aliphatic rings. The smallest absolute Gasteiger partial charge is 0.251 e. The Morgan fingerprint density at radius 2 is 1.70 bits per heavy atom. The van der Waals surface area contributed by atoms with Crippen LogP contribution in [0.15, 0.2) is 66.9 Å². The van der Waals surface area contributed by atoms with E-state index in [1.165, 1.54) is 0 Å². The van der Waals surface area contributed by atoms with E-state index in [4.69, 9.17) is 0 Å². The van der Waals surface area contributed by atoms with E-state index in [0.29, 0.717) is 17.8 Å². The summed E-state index contributed by atoms with van der Waals surface area (Å²) in [7, 11) is 0. The van der Waals surface area contributed by atoms with Crippen LogP contribution < -0.4 is 10.6 Å². The molecule has 1 atom stereocenters. The summed E-state index contributed by atoms with van der Waals surface area (Å²) < 4.78 is 0. The van der Waals surface area contributed by atoms with Crippen LogP contribution in [0.4, 0.5) is 0 Å². The Hall–Kier alpha value is -3.41. The second-order valence-corrected chi connectivity index (χ2v) is 6.13. The minimum atomic E-state index is -0.275. The number of aromatic nitrogens is 2. The first kappa shape index (κ1) is 18.4. The van der Waals surface area contributed by atoms with Crippen LogP contribution in [0.1, 0.15) is 35.6 Å². The number of nitrogens with one attached hydrogen (secondary N) is 3. The molecule has 2 amide bonds. The highest BCUT2D eigenvalue weighted by atomic mass is 16.2. The molecule has 1 unspecified atom stereocenters. The summed E-state index contributed by atoms with van der Waals surface area (Å²) in [5, 5.41) is 5.54. The average Bonchev–Trinajstić information content (AvgIpc) is 3.21. The highest BCUT2D eigenvalue weighted by molar-refractivity contribution is 5.96. The molecule has 1 heterocycles. The van der Waals surface area contributed by atoms with Crippen LogP contribution in [-0.4, -0.2) is 28.3 Å². The van der Waals surface area contributed by atoms with Gasteiger partial charge in [-0.3, -0.25) is 9.59 Å². The molecule has 0 spiro atoms. The zero-order valence-corrected chi connectivity index (χ0v) is 15.1. The number of nitrogens with zero attached hydrogens (tertiary/aromatic N) is 1. The molecule has 0 bridgehead atoms. The van der Waals surface area contributed by atoms with Gasteiger partial charge in [0.25, 0.3) is 5.91 Å². The van der Waals surface area contributed by atoms with Crippen LogP contribution in [0, 0.1) is 0 Å². The van der Waals surface area contributed by atoms with Gasteiger partial charge in [-0.1, -0.05) is 55.5 Å². The number of hydrogen-bond acceptors (Lipinski definition) is 3. The van der Waals surface area contributed by atoms with Crippen LogP contribution in [0.3, 0.4) is 0 Å². The highest BCUT2D eigenvalue weighted by Gasteiger charge is 2.17. The SMILES string of the molecule is CCC(NC(=O)CNC(=O)c1ccccc1)c1ncc(-c2ccccc2)[nH]1. The molecular formula is C21H22N4O2. The maximum atomic E-state index is 12.2. The molecule has 27 heavy (non-hydrogen) atoms. The predicted octanol–water partition coefficient (Wildman–Crippen LogP) is 3.07. The molecule has 3 rings (SSSR count). The van der Waals surface area contributed by atoms with E-state index in [-0.39, 0.29) is 24.4 Å². The molecule has 2 aromatic carbocycles. The summed E-state index contributed by atoms with van der Waals surface area (Å²) in [5.41, 5.74) is 2.46. The van der Waals surface area contributed by atoms with Crippen LogP contribution in [0.5, 0.6) is 0 Å². The Bertz CT molecular complexity index is 891. The summed E-state index contributed by atoms with van der Waals surface area (Å²) in [6.07, 6.45) is 2.44. The predicted molar refractivity (Wildman–Crippen MR) is 104 cm³/mol. The number of amides is 2. The van der Waals surface area contributed by atoms with Gasteiger partial charge in [-0.05, 0) is 24.1 Å². The summed E-state index contributed by atoms with van der Waals surface area (Å²) >= 11 is 0. The van der Waals surface area contributed by atoms with Crippen LogP contribution in [-0.2, 0) is 4.79 Å². The van der Waals surface area contributed by atoms with E-state index in [1.807, 2.05) is 43.3 Å². The Balaban J connectivity index is 1.58. The standard InChI is InChI=1S/C21H22N4O2/c1-2-17(20-22-13-18(25-20)15-9-5-3-6-10-15)24-19(26)14-23-21(27)16-11-7-4-8-12-16/h3-13,17H,2,14H2,1H3,(H,22,25)(H,23,27)(H,24,26). The lowest BCUT2D eigenvalue weighted by molar-refractivity contribution is -0.121. The second-order valence-electron chi connectivity index (χ2n) is 6.13. The third kappa shape index (κ3) is 4.82. The van der Waals surface area contributed by atoms with Gasteiger partial charge in [-0.25, -0.2) is 4.98 Å². The molecular weight excluding hydrogens is 340 g/mol. The van der Waals surface area contributed by atoms with Gasteiger partial charge in [0.1, 0.15) is 5.82 Å². The van der Waals surface area contributed by atoms with Crippen molar-refractivity contribution >= 4 is 11.8 Å². The molecule has 0 radical (unpaired) electrons. The van der Waals surface area contributed by atoms with Crippen LogP contribution in [0.25, 0.3) is 11.3 Å². The van der Waals surface area contributed by atoms with Crippen molar-refractivity contribution in [1.29, 1.82) is 0 Å². The first-order valence-electron chi connectivity index (χ1n) is 8.90. The topological polar surface area (TPSA) is 86.9 Å². The fourth-order valence-corrected chi connectivity index (χ4v) is 2.74. The monoisotopic (exact) mass is 362 g/mol. The molecule has 3 aromatic rings. The average molecular weight is 362 g/mol. The second kappa shape index (κ2) is 8.80. The van der Waals surface area contributed by atoms with E-state index in [2.05, 4.69) is 20.6 Å². The van der Waals surface area contributed by atoms with E-state index >= 15 is 0 Å². The third-order valence-corrected chi connectivity index (χ3v) is 4.20. The number of hydrogen-bond donors (Lipinski definition) is 3. The Kier molecular flexibility index (Phi) is 5.99. The molecule has 6 nitrogen and oxygen atoms in total. The maximum Gasteiger partial charge on any atom is 0.251 e. The van der Waals surface area contributed by atoms with E-state index in [0.717, 1.165) is 11.3 Å². The minimum absolute atomic E-state index is 0.0868. The van der Waals surface area contributed by atoms with Gasteiger partial charge in [0.05, 0.1) is 24.5 Å². The highest BCUT2D eigenvalue weighted by Crippen LogP contribution is 2.20. The van der Waals surface area contributed by atoms with Gasteiger partial charge in [0.2, 0.25) is 5.91 Å². The van der Waals surface area contributed by atoms with E-state index < -0.39 is 0 Å². The molecule has 3 N–H and O–H groups in total. The van der Waals surface area contributed by atoms with Gasteiger partial charge >= 0.3 is 0 Å². The van der Waals surface area contributed by atoms with Crippen molar-refractivity contribution in [3.63, 3.8) is 0 Å². The molecule has 0 saturated carbocycles. The lowest BCUT2D eigenvalue weighted by atomic mass is 10.2. The van der Waals surface area contributed by atoms with E-state index in [1.54, 1.807) is 30.5 Å². The van der Waals surface area contributed by atoms with Crippen molar-refractivity contribution in [1.82, 2.24) is 20.6 Å². The van der Waals surface area contributed by atoms with Crippen molar-refractivity contribution in [3.05, 3.63) is 78.2 Å². The summed E-state index contributed by atoms with van der Waals surface area (Å²) in [5.74, 6) is 0.158. The molecule has 0 saturated heterocycles. The van der Waals surface area contributed by atoms with Crippen molar-refractivity contribution in [2.75, 3.05) is 6.54 Å². The zero-order chi connectivity index (χ0) is 19.1. The number of aromatic amines is 1. The quantitative estimate of drug-likeness (QED) is 0.604. The molecule has 1 aromatic heterocycles. The first-order chi connectivity index (χ1) is 13.2. The van der Waals surface area contributed by atoms with Crippen molar-refractivity contribution < 1.29 is 9.59 Å². The lowest BCUT2D eigenvalue weighted by Crippen LogP contribution is -2.38. The van der Waals surface area contributed by atoms with Crippen molar-refractivity contribution in [3.8, 4) is 11.3 Å². The van der Waals surface area contributed by atoms with Crippen molar-refractivity contribution in [2.24, 2.45) is 0 Å².